The second kappa shape index (κ2) is 4.92. The lowest BCUT2D eigenvalue weighted by Crippen LogP contribution is -2.36. The molecule has 0 radical (unpaired) electrons. The van der Waals surface area contributed by atoms with Gasteiger partial charge in [0, 0.05) is 30.4 Å². The minimum atomic E-state index is 0.740. The van der Waals surface area contributed by atoms with Crippen LogP contribution in [-0.4, -0.2) is 38.3 Å². The second-order valence-electron chi connectivity index (χ2n) is 4.71. The van der Waals surface area contributed by atoms with Gasteiger partial charge in [-0.25, -0.2) is 4.98 Å². The lowest BCUT2D eigenvalue weighted by Gasteiger charge is -2.26. The molecular weight excluding hydrogens is 234 g/mol. The van der Waals surface area contributed by atoms with Gasteiger partial charge >= 0.3 is 0 Å². The molecular formula is C12H19N3OS. The van der Waals surface area contributed by atoms with E-state index in [1.807, 2.05) is 18.4 Å². The van der Waals surface area contributed by atoms with E-state index < -0.39 is 0 Å². The van der Waals surface area contributed by atoms with Gasteiger partial charge in [-0.05, 0) is 19.9 Å². The zero-order valence-corrected chi connectivity index (χ0v) is 11.1. The van der Waals surface area contributed by atoms with Crippen LogP contribution in [0, 0.1) is 0 Å². The summed E-state index contributed by atoms with van der Waals surface area (Å²) < 4.78 is 5.39. The summed E-state index contributed by atoms with van der Waals surface area (Å²) >= 11 is 1.86. The minimum absolute atomic E-state index is 0.740. The highest BCUT2D eigenvalue weighted by atomic mass is 32.1. The Hall–Kier alpha value is -0.650. The average Bonchev–Trinajstić information content (AvgIpc) is 3.13. The number of anilines is 1. The molecule has 2 fully saturated rings. The van der Waals surface area contributed by atoms with Gasteiger partial charge in [-0.1, -0.05) is 0 Å². The summed E-state index contributed by atoms with van der Waals surface area (Å²) in [5.74, 6) is 0.740. The van der Waals surface area contributed by atoms with E-state index in [4.69, 9.17) is 9.72 Å². The molecule has 3 rings (SSSR count). The molecule has 5 heteroatoms. The topological polar surface area (TPSA) is 37.4 Å². The molecule has 1 aliphatic heterocycles. The maximum atomic E-state index is 5.39. The van der Waals surface area contributed by atoms with Crippen molar-refractivity contribution in [1.82, 2.24) is 10.3 Å². The second-order valence-corrected chi connectivity index (χ2v) is 5.77. The highest BCUT2D eigenvalue weighted by molar-refractivity contribution is 7.15. The smallest absolute Gasteiger partial charge is 0.185 e. The number of rotatable bonds is 4. The Kier molecular flexibility index (Phi) is 3.31. The first kappa shape index (κ1) is 11.4. The lowest BCUT2D eigenvalue weighted by atomic mass is 10.2. The van der Waals surface area contributed by atoms with Crippen LogP contribution in [0.3, 0.4) is 0 Å². The molecule has 1 aliphatic carbocycles. The van der Waals surface area contributed by atoms with Crippen LogP contribution in [0.15, 0.2) is 0 Å². The zero-order chi connectivity index (χ0) is 11.7. The summed E-state index contributed by atoms with van der Waals surface area (Å²) in [5.41, 5.74) is 1.35. The van der Waals surface area contributed by atoms with Crippen LogP contribution in [0.1, 0.15) is 29.3 Å². The summed E-state index contributed by atoms with van der Waals surface area (Å²) in [6, 6.07) is 0. The van der Waals surface area contributed by atoms with Crippen LogP contribution < -0.4 is 10.2 Å². The number of aromatic nitrogens is 1. The SMILES string of the molecule is CNCc1sc(N2CCOCC2)nc1C1CC1. The van der Waals surface area contributed by atoms with Gasteiger partial charge < -0.3 is 15.0 Å². The first-order chi connectivity index (χ1) is 8.38. The molecule has 0 aromatic carbocycles. The fourth-order valence-corrected chi connectivity index (χ4v) is 3.41. The average molecular weight is 253 g/mol. The van der Waals surface area contributed by atoms with Gasteiger partial charge in [0.25, 0.3) is 0 Å². The first-order valence-corrected chi connectivity index (χ1v) is 7.17. The van der Waals surface area contributed by atoms with E-state index in [2.05, 4.69) is 10.2 Å². The molecule has 1 aromatic heterocycles. The van der Waals surface area contributed by atoms with Crippen molar-refractivity contribution in [2.45, 2.75) is 25.3 Å². The number of hydrogen-bond acceptors (Lipinski definition) is 5. The molecule has 1 N–H and O–H groups in total. The number of ether oxygens (including phenoxy) is 1. The third-order valence-corrected chi connectivity index (χ3v) is 4.43. The summed E-state index contributed by atoms with van der Waals surface area (Å²) in [5, 5.41) is 4.45. The van der Waals surface area contributed by atoms with Gasteiger partial charge in [0.15, 0.2) is 5.13 Å². The molecule has 0 amide bonds. The monoisotopic (exact) mass is 253 g/mol. The fraction of sp³-hybridized carbons (Fsp3) is 0.750. The van der Waals surface area contributed by atoms with Gasteiger partial charge in [0.05, 0.1) is 18.9 Å². The van der Waals surface area contributed by atoms with E-state index in [0.717, 1.165) is 38.8 Å². The van der Waals surface area contributed by atoms with Gasteiger partial charge in [0.1, 0.15) is 0 Å². The van der Waals surface area contributed by atoms with E-state index in [1.54, 1.807) is 0 Å². The highest BCUT2D eigenvalue weighted by Crippen LogP contribution is 2.44. The van der Waals surface area contributed by atoms with Crippen LogP contribution in [0.2, 0.25) is 0 Å². The fourth-order valence-electron chi connectivity index (χ4n) is 2.20. The third kappa shape index (κ3) is 2.46. The Labute approximate surface area is 106 Å². The summed E-state index contributed by atoms with van der Waals surface area (Å²) in [4.78, 5) is 8.65. The molecule has 1 aromatic rings. The van der Waals surface area contributed by atoms with Gasteiger partial charge in [-0.2, -0.15) is 0 Å². The van der Waals surface area contributed by atoms with Crippen molar-refractivity contribution in [2.75, 3.05) is 38.3 Å². The Morgan fingerprint density at radius 1 is 1.41 bits per heavy atom. The van der Waals surface area contributed by atoms with E-state index in [0.29, 0.717) is 0 Å². The molecule has 0 spiro atoms. The normalized spacial score (nSPS) is 20.9. The molecule has 1 saturated carbocycles. The van der Waals surface area contributed by atoms with Crippen molar-refractivity contribution >= 4 is 16.5 Å². The largest absolute Gasteiger partial charge is 0.378 e. The van der Waals surface area contributed by atoms with E-state index in [9.17, 15) is 0 Å². The quantitative estimate of drug-likeness (QED) is 0.884. The molecule has 0 atom stereocenters. The molecule has 0 bridgehead atoms. The Balaban J connectivity index is 1.81. The Morgan fingerprint density at radius 2 is 2.18 bits per heavy atom. The predicted molar refractivity (Wildman–Crippen MR) is 69.9 cm³/mol. The maximum Gasteiger partial charge on any atom is 0.185 e. The van der Waals surface area contributed by atoms with Crippen LogP contribution in [0.5, 0.6) is 0 Å². The minimum Gasteiger partial charge on any atom is -0.378 e. The zero-order valence-electron chi connectivity index (χ0n) is 10.2. The predicted octanol–water partition coefficient (Wildman–Crippen LogP) is 1.58. The number of hydrogen-bond donors (Lipinski definition) is 1. The molecule has 4 nitrogen and oxygen atoms in total. The summed E-state index contributed by atoms with van der Waals surface area (Å²) in [6.45, 7) is 4.58. The third-order valence-electron chi connectivity index (χ3n) is 3.30. The molecule has 94 valence electrons. The maximum absolute atomic E-state index is 5.39. The molecule has 0 unspecified atom stereocenters. The van der Waals surface area contributed by atoms with E-state index in [1.165, 1.54) is 28.5 Å². The number of nitrogens with zero attached hydrogens (tertiary/aromatic N) is 2. The first-order valence-electron chi connectivity index (χ1n) is 6.35. The Bertz CT molecular complexity index is 383. The molecule has 2 heterocycles. The molecule has 17 heavy (non-hydrogen) atoms. The number of thiazole rings is 1. The van der Waals surface area contributed by atoms with E-state index >= 15 is 0 Å². The standard InChI is InChI=1S/C12H19N3OS/c1-13-8-10-11(9-2-3-9)14-12(17-10)15-4-6-16-7-5-15/h9,13H,2-8H2,1H3. The summed E-state index contributed by atoms with van der Waals surface area (Å²) in [6.07, 6.45) is 2.64. The number of morpholine rings is 1. The molecule has 2 aliphatic rings. The summed E-state index contributed by atoms with van der Waals surface area (Å²) in [7, 11) is 2.00. The van der Waals surface area contributed by atoms with Gasteiger partial charge in [0.2, 0.25) is 0 Å². The van der Waals surface area contributed by atoms with Crippen molar-refractivity contribution in [3.8, 4) is 0 Å². The van der Waals surface area contributed by atoms with Crippen LogP contribution in [0.25, 0.3) is 0 Å². The van der Waals surface area contributed by atoms with Crippen molar-refractivity contribution in [2.24, 2.45) is 0 Å². The van der Waals surface area contributed by atoms with Crippen LogP contribution in [0.4, 0.5) is 5.13 Å². The van der Waals surface area contributed by atoms with Gasteiger partial charge in [-0.3, -0.25) is 0 Å². The van der Waals surface area contributed by atoms with Crippen LogP contribution >= 0.6 is 11.3 Å². The van der Waals surface area contributed by atoms with Crippen molar-refractivity contribution in [1.29, 1.82) is 0 Å². The molecule has 1 saturated heterocycles. The van der Waals surface area contributed by atoms with Crippen LogP contribution in [-0.2, 0) is 11.3 Å². The van der Waals surface area contributed by atoms with Crippen molar-refractivity contribution in [3.05, 3.63) is 10.6 Å². The van der Waals surface area contributed by atoms with E-state index in [-0.39, 0.29) is 0 Å². The van der Waals surface area contributed by atoms with Gasteiger partial charge in [-0.15, -0.1) is 11.3 Å². The lowest BCUT2D eigenvalue weighted by molar-refractivity contribution is 0.122. The Morgan fingerprint density at radius 3 is 2.82 bits per heavy atom. The number of nitrogens with one attached hydrogen (secondary N) is 1. The highest BCUT2D eigenvalue weighted by Gasteiger charge is 2.30. The van der Waals surface area contributed by atoms with Crippen molar-refractivity contribution in [3.63, 3.8) is 0 Å². The van der Waals surface area contributed by atoms with Crippen molar-refractivity contribution < 1.29 is 4.74 Å².